The van der Waals surface area contributed by atoms with E-state index in [1.54, 1.807) is 18.2 Å². The number of phenolic OH excluding ortho intramolecular Hbond substituents is 1. The molecule has 3 aliphatic heterocycles. The summed E-state index contributed by atoms with van der Waals surface area (Å²) < 4.78 is 0. The van der Waals surface area contributed by atoms with Crippen LogP contribution in [-0.2, 0) is 4.79 Å². The monoisotopic (exact) mass is 265 g/mol. The lowest BCUT2D eigenvalue weighted by Crippen LogP contribution is -2.45. The van der Waals surface area contributed by atoms with Gasteiger partial charge in [0, 0.05) is 19.0 Å². The first-order chi connectivity index (χ1) is 8.24. The molecule has 3 saturated heterocycles. The number of aromatic hydroxyl groups is 1. The summed E-state index contributed by atoms with van der Waals surface area (Å²) in [6.07, 6.45) is 3.89. The molecular formula is C14H16ClNO2. The van der Waals surface area contributed by atoms with Gasteiger partial charge in [-0.25, -0.2) is 0 Å². The van der Waals surface area contributed by atoms with Crippen molar-refractivity contribution < 1.29 is 9.90 Å². The normalized spacial score (nSPS) is 21.2. The van der Waals surface area contributed by atoms with Gasteiger partial charge >= 0.3 is 0 Å². The van der Waals surface area contributed by atoms with E-state index < -0.39 is 0 Å². The first-order valence-electron chi connectivity index (χ1n) is 6.04. The maximum Gasteiger partial charge on any atom is 0.182 e. The molecule has 18 heavy (non-hydrogen) atoms. The van der Waals surface area contributed by atoms with Gasteiger partial charge in [-0.05, 0) is 36.6 Å². The second-order valence-electron chi connectivity index (χ2n) is 4.75. The first-order valence-corrected chi connectivity index (χ1v) is 6.04. The number of hydrogen-bond donors (Lipinski definition) is 1. The largest absolute Gasteiger partial charge is 0.508 e. The van der Waals surface area contributed by atoms with Gasteiger partial charge in [0.05, 0.1) is 5.70 Å². The van der Waals surface area contributed by atoms with E-state index in [0.29, 0.717) is 0 Å². The highest BCUT2D eigenvalue weighted by atomic mass is 35.5. The summed E-state index contributed by atoms with van der Waals surface area (Å²) in [6.45, 7) is 1.97. The van der Waals surface area contributed by atoms with Crippen molar-refractivity contribution in [2.24, 2.45) is 5.92 Å². The van der Waals surface area contributed by atoms with Crippen molar-refractivity contribution in [3.8, 4) is 5.75 Å². The number of fused-ring (bicyclic) bond motifs is 3. The van der Waals surface area contributed by atoms with Crippen molar-refractivity contribution in [2.75, 3.05) is 13.1 Å². The number of carbonyl (C=O) groups is 1. The van der Waals surface area contributed by atoms with Crippen LogP contribution in [0.5, 0.6) is 5.75 Å². The molecule has 0 saturated carbocycles. The Morgan fingerprint density at radius 3 is 2.61 bits per heavy atom. The third kappa shape index (κ3) is 2.23. The molecule has 0 aromatic heterocycles. The van der Waals surface area contributed by atoms with Gasteiger partial charge in [-0.2, -0.15) is 0 Å². The number of ketones is 1. The standard InChI is InChI=1S/C14H15NO2.ClH/c16-12-3-1-2-10(8-12)9-13-14(17)11-4-6-15(13)7-5-11;/h1-3,8-9,11,16H,4-7H2;1H. The number of piperidine rings is 3. The molecule has 3 aliphatic rings. The topological polar surface area (TPSA) is 40.5 Å². The quantitative estimate of drug-likeness (QED) is 0.793. The Balaban J connectivity index is 0.00000120. The summed E-state index contributed by atoms with van der Waals surface area (Å²) in [7, 11) is 0. The number of hydrogen-bond acceptors (Lipinski definition) is 3. The van der Waals surface area contributed by atoms with Crippen LogP contribution in [0, 0.1) is 5.92 Å². The maximum absolute atomic E-state index is 12.1. The van der Waals surface area contributed by atoms with Gasteiger partial charge in [0.15, 0.2) is 5.78 Å². The van der Waals surface area contributed by atoms with Crippen molar-refractivity contribution in [3.05, 3.63) is 35.5 Å². The summed E-state index contributed by atoms with van der Waals surface area (Å²) in [5.41, 5.74) is 1.71. The number of allylic oxidation sites excluding steroid dienone is 1. The number of carbonyl (C=O) groups excluding carboxylic acids is 1. The average Bonchev–Trinajstić information content (AvgIpc) is 2.34. The van der Waals surface area contributed by atoms with Crippen LogP contribution in [0.4, 0.5) is 0 Å². The van der Waals surface area contributed by atoms with Gasteiger partial charge in [0.1, 0.15) is 5.75 Å². The van der Waals surface area contributed by atoms with Gasteiger partial charge in [-0.3, -0.25) is 4.79 Å². The highest BCUT2D eigenvalue weighted by Gasteiger charge is 2.36. The molecule has 2 bridgehead atoms. The molecule has 96 valence electrons. The Hall–Kier alpha value is -1.48. The van der Waals surface area contributed by atoms with E-state index >= 15 is 0 Å². The molecule has 0 unspecified atom stereocenters. The van der Waals surface area contributed by atoms with Crippen LogP contribution < -0.4 is 0 Å². The molecule has 1 N–H and O–H groups in total. The molecule has 0 spiro atoms. The number of phenols is 1. The summed E-state index contributed by atoms with van der Waals surface area (Å²) in [5, 5.41) is 9.41. The predicted octanol–water partition coefficient (Wildman–Crippen LogP) is 2.45. The van der Waals surface area contributed by atoms with Crippen molar-refractivity contribution in [2.45, 2.75) is 12.8 Å². The van der Waals surface area contributed by atoms with Gasteiger partial charge in [-0.1, -0.05) is 12.1 Å². The average molecular weight is 266 g/mol. The summed E-state index contributed by atoms with van der Waals surface area (Å²) in [4.78, 5) is 14.3. The Bertz CT molecular complexity index is 490. The van der Waals surface area contributed by atoms with Crippen LogP contribution in [0.2, 0.25) is 0 Å². The Morgan fingerprint density at radius 2 is 2.00 bits per heavy atom. The number of halogens is 1. The minimum Gasteiger partial charge on any atom is -0.508 e. The van der Waals surface area contributed by atoms with Crippen LogP contribution in [-0.4, -0.2) is 28.9 Å². The third-order valence-corrected chi connectivity index (χ3v) is 3.63. The fraction of sp³-hybridized carbons (Fsp3) is 0.357. The second-order valence-corrected chi connectivity index (χ2v) is 4.75. The van der Waals surface area contributed by atoms with Crippen LogP contribution in [0.1, 0.15) is 18.4 Å². The molecule has 3 heterocycles. The molecule has 0 radical (unpaired) electrons. The van der Waals surface area contributed by atoms with E-state index in [1.807, 2.05) is 12.1 Å². The van der Waals surface area contributed by atoms with E-state index in [4.69, 9.17) is 0 Å². The van der Waals surface area contributed by atoms with Crippen molar-refractivity contribution >= 4 is 24.3 Å². The van der Waals surface area contributed by atoms with Crippen LogP contribution >= 0.6 is 12.4 Å². The highest BCUT2D eigenvalue weighted by molar-refractivity contribution is 6.01. The van der Waals surface area contributed by atoms with Gasteiger partial charge in [0.25, 0.3) is 0 Å². The fourth-order valence-corrected chi connectivity index (χ4v) is 2.68. The number of rotatable bonds is 1. The molecule has 4 rings (SSSR count). The summed E-state index contributed by atoms with van der Waals surface area (Å²) in [6, 6.07) is 7.02. The first kappa shape index (κ1) is 13.0. The Morgan fingerprint density at radius 1 is 1.28 bits per heavy atom. The van der Waals surface area contributed by atoms with E-state index in [0.717, 1.165) is 37.2 Å². The zero-order valence-electron chi connectivity index (χ0n) is 10.0. The van der Waals surface area contributed by atoms with Crippen molar-refractivity contribution in [1.82, 2.24) is 4.90 Å². The lowest BCUT2D eigenvalue weighted by Gasteiger charge is -2.41. The molecule has 3 fully saturated rings. The van der Waals surface area contributed by atoms with Crippen LogP contribution in [0.25, 0.3) is 6.08 Å². The zero-order valence-corrected chi connectivity index (χ0v) is 10.8. The van der Waals surface area contributed by atoms with E-state index in [-0.39, 0.29) is 29.9 Å². The minimum absolute atomic E-state index is 0. The summed E-state index contributed by atoms with van der Waals surface area (Å²) >= 11 is 0. The van der Waals surface area contributed by atoms with E-state index in [9.17, 15) is 9.90 Å². The Kier molecular flexibility index (Phi) is 3.62. The van der Waals surface area contributed by atoms with Crippen LogP contribution in [0.3, 0.4) is 0 Å². The van der Waals surface area contributed by atoms with Gasteiger partial charge in [0.2, 0.25) is 0 Å². The SMILES string of the molecule is Cl.O=C1C(=Cc2cccc(O)c2)N2CCC1CC2. The molecule has 0 aliphatic carbocycles. The molecule has 4 heteroatoms. The van der Waals surface area contributed by atoms with E-state index in [2.05, 4.69) is 4.90 Å². The number of benzene rings is 1. The third-order valence-electron chi connectivity index (χ3n) is 3.63. The molecule has 3 nitrogen and oxygen atoms in total. The lowest BCUT2D eigenvalue weighted by molar-refractivity contribution is -0.125. The molecule has 0 atom stereocenters. The van der Waals surface area contributed by atoms with Crippen molar-refractivity contribution in [3.63, 3.8) is 0 Å². The smallest absolute Gasteiger partial charge is 0.182 e. The van der Waals surface area contributed by atoms with E-state index in [1.165, 1.54) is 0 Å². The second kappa shape index (κ2) is 5.02. The maximum atomic E-state index is 12.1. The van der Waals surface area contributed by atoms with Crippen molar-refractivity contribution in [1.29, 1.82) is 0 Å². The molecule has 1 aromatic carbocycles. The highest BCUT2D eigenvalue weighted by Crippen LogP contribution is 2.32. The molecule has 1 aromatic rings. The fourth-order valence-electron chi connectivity index (χ4n) is 2.68. The van der Waals surface area contributed by atoms with Gasteiger partial charge in [-0.15, -0.1) is 12.4 Å². The minimum atomic E-state index is 0. The Labute approximate surface area is 113 Å². The number of Topliss-reactive ketones (excluding diaryl/α,β-unsaturated/α-hetero) is 1. The number of nitrogens with zero attached hydrogens (tertiary/aromatic N) is 1. The summed E-state index contributed by atoms with van der Waals surface area (Å²) in [5.74, 6) is 0.733. The lowest BCUT2D eigenvalue weighted by atomic mass is 9.84. The molecule has 0 amide bonds. The predicted molar refractivity (Wildman–Crippen MR) is 72.6 cm³/mol. The van der Waals surface area contributed by atoms with Gasteiger partial charge < -0.3 is 10.0 Å². The molecular weight excluding hydrogens is 250 g/mol. The van der Waals surface area contributed by atoms with Crippen LogP contribution in [0.15, 0.2) is 30.0 Å². The zero-order chi connectivity index (χ0) is 11.8.